The lowest BCUT2D eigenvalue weighted by atomic mass is 10.2. The largest absolute Gasteiger partial charge is 0.480 e. The van der Waals surface area contributed by atoms with E-state index < -0.39 is 42.1 Å². The molecule has 13 N–H and O–H groups in total. The van der Waals surface area contributed by atoms with Crippen LogP contribution in [0.2, 0.25) is 0 Å². The number of aliphatic hydroxyl groups is 1. The van der Waals surface area contributed by atoms with Gasteiger partial charge in [0.1, 0.15) is 18.1 Å². The van der Waals surface area contributed by atoms with Crippen LogP contribution in [-0.4, -0.2) is 96.7 Å². The third-order valence-corrected chi connectivity index (χ3v) is 3.65. The molecule has 1 aliphatic heterocycles. The normalized spacial score (nSPS) is 17.0. The van der Waals surface area contributed by atoms with Gasteiger partial charge in [0.05, 0.1) is 19.0 Å². The Morgan fingerprint density at radius 2 is 1.72 bits per heavy atom. The Hall–Kier alpha value is -3.11. The van der Waals surface area contributed by atoms with Crippen molar-refractivity contribution in [2.24, 2.45) is 17.2 Å². The Morgan fingerprint density at radius 3 is 1.94 bits per heavy atom. The van der Waals surface area contributed by atoms with E-state index in [1.807, 2.05) is 0 Å². The molecule has 15 nitrogen and oxygen atoms in total. The monoisotopic (exact) mass is 464 g/mol. The molecule has 32 heavy (non-hydrogen) atoms. The van der Waals surface area contributed by atoms with Gasteiger partial charge < -0.3 is 53.0 Å². The Labute approximate surface area is 183 Å². The Morgan fingerprint density at radius 1 is 1.16 bits per heavy atom. The van der Waals surface area contributed by atoms with Crippen LogP contribution in [-0.2, 0) is 25.6 Å². The topological polar surface area (TPSA) is 288 Å². The number of imidazole rings is 1. The Bertz CT molecular complexity index is 666. The molecule has 1 aromatic heterocycles. The van der Waals surface area contributed by atoms with E-state index in [1.54, 1.807) is 6.20 Å². The van der Waals surface area contributed by atoms with Crippen LogP contribution < -0.4 is 22.5 Å². The molecule has 0 spiro atoms. The summed E-state index contributed by atoms with van der Waals surface area (Å²) in [5, 5.41) is 43.8. The number of rotatable bonds is 7. The number of aromatic nitrogens is 2. The fourth-order valence-electron chi connectivity index (χ4n) is 1.82. The second kappa shape index (κ2) is 17.6. The highest BCUT2D eigenvalue weighted by Gasteiger charge is 2.20. The van der Waals surface area contributed by atoms with Gasteiger partial charge in [0, 0.05) is 18.3 Å². The lowest BCUT2D eigenvalue weighted by Gasteiger charge is -2.06. The standard InChI is InChI=1S/C6H9N3O2.C5H9NO2.C4H9NO3.C2H5NO2/c7-5(6(10)11)1-4-2-8-3-9-4;7-5(8)4-2-1-3-6-4;1-2(6)3(5)4(7)8;3-1-2(4)5/h2-3,5H,1,7H2,(H,8,9)(H,10,11);4,6H,1-3H2,(H,7,8);2-3,6H,5H2,1H3,(H,7,8);1,3H2,(H,4,5)/t;4-;;/m.0../s1. The number of aliphatic carboxylic acids is 4. The molecule has 0 bridgehead atoms. The number of hydrogen-bond donors (Lipinski definition) is 10. The summed E-state index contributed by atoms with van der Waals surface area (Å²) in [7, 11) is 0. The van der Waals surface area contributed by atoms with Gasteiger partial charge >= 0.3 is 23.9 Å². The lowest BCUT2D eigenvalue weighted by Crippen LogP contribution is -2.39. The van der Waals surface area contributed by atoms with Gasteiger partial charge in [-0.25, -0.2) is 4.98 Å². The van der Waals surface area contributed by atoms with Gasteiger partial charge in [-0.1, -0.05) is 0 Å². The van der Waals surface area contributed by atoms with Crippen molar-refractivity contribution in [3.05, 3.63) is 18.2 Å². The van der Waals surface area contributed by atoms with E-state index in [4.69, 9.17) is 37.0 Å². The minimum absolute atomic E-state index is 0.269. The Kier molecular flexibility index (Phi) is 17.1. The summed E-state index contributed by atoms with van der Waals surface area (Å²) in [6.45, 7) is 1.91. The summed E-state index contributed by atoms with van der Waals surface area (Å²) in [6.07, 6.45) is 4.14. The van der Waals surface area contributed by atoms with Crippen LogP contribution in [0.5, 0.6) is 0 Å². The van der Waals surface area contributed by atoms with Crippen LogP contribution in [0.15, 0.2) is 12.5 Å². The highest BCUT2D eigenvalue weighted by molar-refractivity contribution is 5.74. The first-order valence-electron chi connectivity index (χ1n) is 9.33. The van der Waals surface area contributed by atoms with Gasteiger partial charge in [-0.3, -0.25) is 19.2 Å². The summed E-state index contributed by atoms with van der Waals surface area (Å²) in [5.74, 6) is -3.87. The van der Waals surface area contributed by atoms with Crippen molar-refractivity contribution in [1.82, 2.24) is 15.3 Å². The molecule has 0 radical (unpaired) electrons. The average Bonchev–Trinajstić information content (AvgIpc) is 3.42. The van der Waals surface area contributed by atoms with Gasteiger partial charge in [-0.2, -0.15) is 0 Å². The van der Waals surface area contributed by atoms with E-state index in [0.717, 1.165) is 25.1 Å². The second-order valence-electron chi connectivity index (χ2n) is 6.42. The van der Waals surface area contributed by atoms with Crippen molar-refractivity contribution < 1.29 is 44.7 Å². The van der Waals surface area contributed by atoms with Gasteiger partial charge in [-0.05, 0) is 26.3 Å². The van der Waals surface area contributed by atoms with Crippen molar-refractivity contribution in [2.45, 2.75) is 50.4 Å². The highest BCUT2D eigenvalue weighted by atomic mass is 16.4. The van der Waals surface area contributed by atoms with Crippen LogP contribution in [0.1, 0.15) is 25.5 Å². The minimum Gasteiger partial charge on any atom is -0.480 e. The number of carbonyl (C=O) groups is 4. The lowest BCUT2D eigenvalue weighted by molar-refractivity contribution is -0.141. The SMILES string of the molecule is CC(O)C(N)C(=O)O.NC(Cc1cnc[nH]1)C(=O)O.NCC(=O)O.O=C(O)[C@@H]1CCCN1. The summed E-state index contributed by atoms with van der Waals surface area (Å²) in [4.78, 5) is 46.0. The summed E-state index contributed by atoms with van der Waals surface area (Å²) >= 11 is 0. The zero-order valence-corrected chi connectivity index (χ0v) is 17.5. The van der Waals surface area contributed by atoms with Crippen molar-refractivity contribution in [3.8, 4) is 0 Å². The second-order valence-corrected chi connectivity index (χ2v) is 6.42. The van der Waals surface area contributed by atoms with Crippen LogP contribution >= 0.6 is 0 Å². The van der Waals surface area contributed by atoms with Crippen molar-refractivity contribution >= 4 is 23.9 Å². The number of nitrogens with one attached hydrogen (secondary N) is 2. The van der Waals surface area contributed by atoms with Crippen LogP contribution in [0, 0.1) is 0 Å². The number of hydrogen-bond acceptors (Lipinski definition) is 10. The predicted octanol–water partition coefficient (Wildman–Crippen LogP) is -3.00. The first kappa shape index (κ1) is 31.1. The fourth-order valence-corrected chi connectivity index (χ4v) is 1.82. The van der Waals surface area contributed by atoms with Crippen LogP contribution in [0.3, 0.4) is 0 Å². The molecule has 0 aliphatic carbocycles. The summed E-state index contributed by atoms with van der Waals surface area (Å²) in [6, 6.07) is -2.28. The molecular formula is C17H32N6O9. The first-order chi connectivity index (χ1) is 14.8. The third-order valence-electron chi connectivity index (χ3n) is 3.65. The number of nitrogens with two attached hydrogens (primary N) is 3. The van der Waals surface area contributed by atoms with E-state index in [0.29, 0.717) is 0 Å². The number of H-pyrrole nitrogens is 1. The van der Waals surface area contributed by atoms with E-state index >= 15 is 0 Å². The highest BCUT2D eigenvalue weighted by Crippen LogP contribution is 2.03. The molecule has 2 rings (SSSR count). The molecule has 2 heterocycles. The molecule has 15 heteroatoms. The van der Waals surface area contributed by atoms with E-state index in [-0.39, 0.29) is 19.0 Å². The van der Waals surface area contributed by atoms with Gasteiger partial charge in [-0.15, -0.1) is 0 Å². The number of aromatic amines is 1. The number of nitrogens with zero attached hydrogens (tertiary/aromatic N) is 1. The minimum atomic E-state index is -1.18. The number of aliphatic hydroxyl groups excluding tert-OH is 1. The predicted molar refractivity (Wildman–Crippen MR) is 111 cm³/mol. The zero-order chi connectivity index (χ0) is 25.3. The van der Waals surface area contributed by atoms with Crippen molar-refractivity contribution in [1.29, 1.82) is 0 Å². The zero-order valence-electron chi connectivity index (χ0n) is 17.5. The molecular weight excluding hydrogens is 432 g/mol. The van der Waals surface area contributed by atoms with Gasteiger partial charge in [0.25, 0.3) is 0 Å². The molecule has 1 saturated heterocycles. The molecule has 1 fully saturated rings. The van der Waals surface area contributed by atoms with Gasteiger partial charge in [0.15, 0.2) is 0 Å². The molecule has 4 atom stereocenters. The van der Waals surface area contributed by atoms with Crippen molar-refractivity contribution in [3.63, 3.8) is 0 Å². The average molecular weight is 464 g/mol. The molecule has 0 aromatic carbocycles. The maximum atomic E-state index is 10.3. The molecule has 1 aliphatic rings. The number of carboxylic acid groups (broad SMARTS) is 4. The molecule has 0 amide bonds. The van der Waals surface area contributed by atoms with Crippen molar-refractivity contribution in [2.75, 3.05) is 13.1 Å². The third kappa shape index (κ3) is 16.7. The fraction of sp³-hybridized carbons (Fsp3) is 0.588. The van der Waals surface area contributed by atoms with Gasteiger partial charge in [0.2, 0.25) is 0 Å². The van der Waals surface area contributed by atoms with E-state index in [1.165, 1.54) is 13.3 Å². The van der Waals surface area contributed by atoms with Crippen LogP contribution in [0.4, 0.5) is 0 Å². The Balaban J connectivity index is 0. The molecule has 184 valence electrons. The summed E-state index contributed by atoms with van der Waals surface area (Å²) < 4.78 is 0. The molecule has 3 unspecified atom stereocenters. The van der Waals surface area contributed by atoms with E-state index in [2.05, 4.69) is 21.0 Å². The maximum absolute atomic E-state index is 10.3. The smallest absolute Gasteiger partial charge is 0.323 e. The van der Waals surface area contributed by atoms with Crippen LogP contribution in [0.25, 0.3) is 0 Å². The molecule has 0 saturated carbocycles. The maximum Gasteiger partial charge on any atom is 0.323 e. The number of carboxylic acids is 4. The molecule has 1 aromatic rings. The first-order valence-corrected chi connectivity index (χ1v) is 9.33. The van der Waals surface area contributed by atoms with E-state index in [9.17, 15) is 19.2 Å². The quantitative estimate of drug-likeness (QED) is 0.192. The summed E-state index contributed by atoms with van der Waals surface area (Å²) in [5.41, 5.74) is 15.5.